The molecule has 1 aliphatic rings. The SMILES string of the molecule is CCCN1O[C@@](F)(C(F)(F)C(F)(F)C(F)(F)C(F)(F)C(F)(F)F)[C@H](C(=O)OCC)[C@@H]1CC. The summed E-state index contributed by atoms with van der Waals surface area (Å²) in [5, 5.41) is 0.242. The number of alkyl halides is 12. The average Bonchev–Trinajstić information content (AvgIpc) is 2.93. The van der Waals surface area contributed by atoms with Crippen LogP contribution >= 0.6 is 0 Å². The molecule has 0 amide bonds. The average molecular weight is 501 g/mol. The smallest absolute Gasteiger partial charge is 0.460 e. The number of rotatable bonds is 9. The predicted molar refractivity (Wildman–Crippen MR) is 82.0 cm³/mol. The van der Waals surface area contributed by atoms with Gasteiger partial charge in [0.15, 0.2) is 0 Å². The van der Waals surface area contributed by atoms with E-state index in [9.17, 15) is 53.1 Å². The Labute approximate surface area is 173 Å². The van der Waals surface area contributed by atoms with Crippen LogP contribution in [0.5, 0.6) is 0 Å². The molecule has 0 unspecified atom stereocenters. The first-order valence-electron chi connectivity index (χ1n) is 9.12. The molecule has 0 radical (unpaired) electrons. The van der Waals surface area contributed by atoms with Crippen molar-refractivity contribution in [3.8, 4) is 0 Å². The van der Waals surface area contributed by atoms with Crippen LogP contribution in [-0.4, -0.2) is 65.9 Å². The van der Waals surface area contributed by atoms with Crippen molar-refractivity contribution in [2.75, 3.05) is 13.2 Å². The van der Waals surface area contributed by atoms with E-state index in [2.05, 4.69) is 9.57 Å². The van der Waals surface area contributed by atoms with Crippen molar-refractivity contribution in [3.63, 3.8) is 0 Å². The first-order valence-corrected chi connectivity index (χ1v) is 9.12. The minimum Gasteiger partial charge on any atom is -0.466 e. The van der Waals surface area contributed by atoms with Crippen LogP contribution in [0.1, 0.15) is 33.6 Å². The standard InChI is InChI=1S/C16H19F12NO3/c1-4-7-29-8(5-2)9(10(30)31-6-3)11(17,32-29)12(18,19)13(20,21)14(22,23)15(24,25)16(26,27)28/h8-9H,4-7H2,1-3H3/t8-,9-,11+/m0/s1. The molecule has 0 spiro atoms. The Kier molecular flexibility index (Phi) is 7.79. The van der Waals surface area contributed by atoms with Crippen molar-refractivity contribution in [2.24, 2.45) is 5.92 Å². The summed E-state index contributed by atoms with van der Waals surface area (Å²) in [6.45, 7) is 2.44. The van der Waals surface area contributed by atoms with E-state index in [0.29, 0.717) is 0 Å². The fraction of sp³-hybridized carbons (Fsp3) is 0.938. The third-order valence-corrected chi connectivity index (χ3v) is 4.77. The maximum absolute atomic E-state index is 15.4. The second-order valence-corrected chi connectivity index (χ2v) is 6.88. The van der Waals surface area contributed by atoms with Gasteiger partial charge in [0.2, 0.25) is 0 Å². The highest BCUT2D eigenvalue weighted by Gasteiger charge is 2.92. The molecule has 4 nitrogen and oxygen atoms in total. The van der Waals surface area contributed by atoms with Gasteiger partial charge < -0.3 is 4.74 Å². The van der Waals surface area contributed by atoms with Gasteiger partial charge in [-0.15, -0.1) is 0 Å². The van der Waals surface area contributed by atoms with E-state index in [4.69, 9.17) is 0 Å². The number of carbonyl (C=O) groups excluding carboxylic acids is 1. The molecule has 1 saturated heterocycles. The lowest BCUT2D eigenvalue weighted by Gasteiger charge is -2.41. The highest BCUT2D eigenvalue weighted by atomic mass is 19.4. The molecule has 0 aromatic carbocycles. The normalized spacial score (nSPS) is 26.5. The lowest BCUT2D eigenvalue weighted by molar-refractivity contribution is -0.457. The summed E-state index contributed by atoms with van der Waals surface area (Å²) in [5.41, 5.74) is 0. The van der Waals surface area contributed by atoms with E-state index in [1.807, 2.05) is 0 Å². The van der Waals surface area contributed by atoms with Gasteiger partial charge in [-0.2, -0.15) is 53.4 Å². The summed E-state index contributed by atoms with van der Waals surface area (Å²) in [4.78, 5) is 16.2. The first kappa shape index (κ1) is 28.6. The lowest BCUT2D eigenvalue weighted by Crippen LogP contribution is -2.72. The van der Waals surface area contributed by atoms with Crippen LogP contribution in [0.3, 0.4) is 0 Å². The maximum Gasteiger partial charge on any atom is 0.460 e. The van der Waals surface area contributed by atoms with Gasteiger partial charge in [0, 0.05) is 6.54 Å². The number of ether oxygens (including phenoxy) is 1. The van der Waals surface area contributed by atoms with Crippen molar-refractivity contribution in [3.05, 3.63) is 0 Å². The Morgan fingerprint density at radius 2 is 1.41 bits per heavy atom. The van der Waals surface area contributed by atoms with Crippen LogP contribution in [0.25, 0.3) is 0 Å². The van der Waals surface area contributed by atoms with Crippen molar-refractivity contribution in [1.82, 2.24) is 5.06 Å². The summed E-state index contributed by atoms with van der Waals surface area (Å²) in [6.07, 6.45) is -7.92. The van der Waals surface area contributed by atoms with Crippen LogP contribution in [0, 0.1) is 5.92 Å². The summed E-state index contributed by atoms with van der Waals surface area (Å²) in [5.74, 6) is -40.8. The molecule has 0 aromatic heterocycles. The number of hydroxylamine groups is 2. The molecular weight excluding hydrogens is 482 g/mol. The van der Waals surface area contributed by atoms with E-state index >= 15 is 4.39 Å². The Hall–Kier alpha value is -1.45. The summed E-state index contributed by atoms with van der Waals surface area (Å²) in [7, 11) is 0. The van der Waals surface area contributed by atoms with Gasteiger partial charge in [-0.3, -0.25) is 9.63 Å². The maximum atomic E-state index is 15.4. The zero-order valence-electron chi connectivity index (χ0n) is 16.7. The zero-order valence-corrected chi connectivity index (χ0v) is 16.7. The summed E-state index contributed by atoms with van der Waals surface area (Å²) in [6, 6.07) is -1.82. The first-order chi connectivity index (χ1) is 14.2. The van der Waals surface area contributed by atoms with Crippen LogP contribution in [0.4, 0.5) is 52.7 Å². The van der Waals surface area contributed by atoms with Gasteiger partial charge in [-0.1, -0.05) is 13.8 Å². The molecule has 190 valence electrons. The van der Waals surface area contributed by atoms with Crippen molar-refractivity contribution in [2.45, 2.75) is 75.4 Å². The fourth-order valence-corrected chi connectivity index (χ4v) is 3.16. The summed E-state index contributed by atoms with van der Waals surface area (Å²) >= 11 is 0. The third-order valence-electron chi connectivity index (χ3n) is 4.77. The van der Waals surface area contributed by atoms with Crippen molar-refractivity contribution in [1.29, 1.82) is 0 Å². The van der Waals surface area contributed by atoms with Gasteiger partial charge in [0.1, 0.15) is 5.92 Å². The molecule has 1 fully saturated rings. The molecule has 0 N–H and O–H groups in total. The quantitative estimate of drug-likeness (QED) is 0.315. The predicted octanol–water partition coefficient (Wildman–Crippen LogP) is 5.37. The fourth-order valence-electron chi connectivity index (χ4n) is 3.16. The van der Waals surface area contributed by atoms with Crippen LogP contribution in [0.2, 0.25) is 0 Å². The second-order valence-electron chi connectivity index (χ2n) is 6.88. The molecule has 0 aliphatic carbocycles. The van der Waals surface area contributed by atoms with E-state index in [-0.39, 0.29) is 11.5 Å². The molecular formula is C16H19F12NO3. The molecule has 0 bridgehead atoms. The summed E-state index contributed by atoms with van der Waals surface area (Å²) < 4.78 is 168. The lowest BCUT2D eigenvalue weighted by atomic mass is 9.82. The Balaban J connectivity index is 3.72. The van der Waals surface area contributed by atoms with E-state index in [1.54, 1.807) is 0 Å². The van der Waals surface area contributed by atoms with Gasteiger partial charge >= 0.3 is 41.7 Å². The highest BCUT2D eigenvalue weighted by Crippen LogP contribution is 2.63. The molecule has 32 heavy (non-hydrogen) atoms. The highest BCUT2D eigenvalue weighted by molar-refractivity contribution is 5.75. The molecule has 3 atom stereocenters. The minimum atomic E-state index is -7.84. The van der Waals surface area contributed by atoms with E-state index < -0.39 is 73.2 Å². The molecule has 1 rings (SSSR count). The topological polar surface area (TPSA) is 38.8 Å². The number of esters is 1. The molecule has 1 aliphatic heterocycles. The second kappa shape index (κ2) is 8.72. The number of hydrogen-bond donors (Lipinski definition) is 0. The monoisotopic (exact) mass is 501 g/mol. The van der Waals surface area contributed by atoms with E-state index in [1.165, 1.54) is 6.92 Å². The number of hydrogen-bond acceptors (Lipinski definition) is 4. The van der Waals surface area contributed by atoms with Gasteiger partial charge in [0.25, 0.3) is 0 Å². The number of carbonyl (C=O) groups is 1. The number of halogens is 12. The van der Waals surface area contributed by atoms with Gasteiger partial charge in [-0.05, 0) is 19.8 Å². The zero-order chi connectivity index (χ0) is 25.6. The minimum absolute atomic E-state index is 0.0353. The van der Waals surface area contributed by atoms with Crippen LogP contribution < -0.4 is 0 Å². The Morgan fingerprint density at radius 3 is 1.78 bits per heavy atom. The molecule has 1 heterocycles. The molecule has 16 heteroatoms. The van der Waals surface area contributed by atoms with Crippen LogP contribution in [-0.2, 0) is 14.4 Å². The number of nitrogens with zero attached hydrogens (tertiary/aromatic N) is 1. The molecule has 0 saturated carbocycles. The van der Waals surface area contributed by atoms with Crippen LogP contribution in [0.15, 0.2) is 0 Å². The van der Waals surface area contributed by atoms with Gasteiger partial charge in [0.05, 0.1) is 12.6 Å². The van der Waals surface area contributed by atoms with Crippen molar-refractivity contribution < 1.29 is 67.1 Å². The van der Waals surface area contributed by atoms with E-state index in [0.717, 1.165) is 13.8 Å². The molecule has 0 aromatic rings. The largest absolute Gasteiger partial charge is 0.466 e. The Morgan fingerprint density at radius 1 is 0.906 bits per heavy atom. The Bertz CT molecular complexity index is 684. The third kappa shape index (κ3) is 3.90. The van der Waals surface area contributed by atoms with Gasteiger partial charge in [-0.25, -0.2) is 4.39 Å². The van der Waals surface area contributed by atoms with Crippen molar-refractivity contribution >= 4 is 5.97 Å².